The predicted molar refractivity (Wildman–Crippen MR) is 101 cm³/mol. The van der Waals surface area contributed by atoms with Crippen LogP contribution in [-0.4, -0.2) is 8.32 Å². The van der Waals surface area contributed by atoms with Crippen molar-refractivity contribution in [2.45, 2.75) is 45.1 Å². The number of rotatable bonds is 4. The summed E-state index contributed by atoms with van der Waals surface area (Å²) in [5, 5.41) is 2.76. The average molecular weight is 323 g/mol. The zero-order chi connectivity index (χ0) is 16.3. The lowest BCUT2D eigenvalue weighted by Crippen LogP contribution is -2.66. The summed E-state index contributed by atoms with van der Waals surface area (Å²) in [7, 11) is -2.38. The van der Waals surface area contributed by atoms with E-state index >= 15 is 0 Å². The normalized spacial score (nSPS) is 15.3. The Morgan fingerprint density at radius 2 is 1.35 bits per heavy atom. The van der Waals surface area contributed by atoms with E-state index in [0.717, 1.165) is 12.8 Å². The fourth-order valence-corrected chi connectivity index (χ4v) is 8.09. The Morgan fingerprint density at radius 3 is 1.74 bits per heavy atom. The van der Waals surface area contributed by atoms with Gasteiger partial charge in [-0.1, -0.05) is 81.4 Å². The molecule has 23 heavy (non-hydrogen) atoms. The van der Waals surface area contributed by atoms with Crippen molar-refractivity contribution in [3.05, 3.63) is 72.5 Å². The van der Waals surface area contributed by atoms with E-state index in [1.54, 1.807) is 0 Å². The molecule has 2 heteroatoms. The van der Waals surface area contributed by atoms with Gasteiger partial charge in [-0.15, -0.1) is 0 Å². The summed E-state index contributed by atoms with van der Waals surface area (Å²) in [6.07, 6.45) is 5.73. The van der Waals surface area contributed by atoms with Gasteiger partial charge in [0.15, 0.2) is 0 Å². The lowest BCUT2D eigenvalue weighted by atomic mass is 10.2. The highest BCUT2D eigenvalue weighted by molar-refractivity contribution is 6.99. The summed E-state index contributed by atoms with van der Waals surface area (Å²) in [6, 6.07) is 21.7. The van der Waals surface area contributed by atoms with Gasteiger partial charge in [0, 0.05) is 6.42 Å². The minimum absolute atomic E-state index is 0.0547. The molecule has 0 saturated carbocycles. The Hall–Kier alpha value is -1.80. The van der Waals surface area contributed by atoms with Crippen LogP contribution in [0.1, 0.15) is 40.0 Å². The Bertz CT molecular complexity index is 628. The third-order valence-corrected chi connectivity index (χ3v) is 9.67. The number of allylic oxidation sites excluding steroid dienone is 2. The molecule has 0 heterocycles. The van der Waals surface area contributed by atoms with Crippen molar-refractivity contribution >= 4 is 18.7 Å². The van der Waals surface area contributed by atoms with Gasteiger partial charge in [-0.05, 0) is 34.3 Å². The van der Waals surface area contributed by atoms with E-state index in [0.29, 0.717) is 0 Å². The molecular weight excluding hydrogens is 296 g/mol. The molecule has 0 radical (unpaired) electrons. The molecule has 0 N–H and O–H groups in total. The number of hydrogen-bond acceptors (Lipinski definition) is 1. The van der Waals surface area contributed by atoms with Crippen LogP contribution in [0.4, 0.5) is 0 Å². The van der Waals surface area contributed by atoms with E-state index in [4.69, 9.17) is 4.43 Å². The molecule has 0 atom stereocenters. The van der Waals surface area contributed by atoms with Gasteiger partial charge in [-0.3, -0.25) is 0 Å². The van der Waals surface area contributed by atoms with E-state index in [1.807, 2.05) is 0 Å². The van der Waals surface area contributed by atoms with Crippen molar-refractivity contribution in [3.63, 3.8) is 0 Å². The highest BCUT2D eigenvalue weighted by atomic mass is 28.4. The zero-order valence-corrected chi connectivity index (χ0v) is 15.4. The first kappa shape index (κ1) is 16.1. The third-order valence-electron chi connectivity index (χ3n) is 4.70. The van der Waals surface area contributed by atoms with E-state index < -0.39 is 8.32 Å². The van der Waals surface area contributed by atoms with Crippen molar-refractivity contribution in [1.82, 2.24) is 0 Å². The molecule has 1 aliphatic rings. The van der Waals surface area contributed by atoms with Gasteiger partial charge in [0.2, 0.25) is 0 Å². The van der Waals surface area contributed by atoms with Crippen molar-refractivity contribution in [2.24, 2.45) is 0 Å². The quantitative estimate of drug-likeness (QED) is 0.746. The number of benzene rings is 2. The number of hydrogen-bond donors (Lipinski definition) is 0. The van der Waals surface area contributed by atoms with E-state index in [-0.39, 0.29) is 5.04 Å². The maximum Gasteiger partial charge on any atom is 0.319 e. The predicted octanol–water partition coefficient (Wildman–Crippen LogP) is 4.63. The summed E-state index contributed by atoms with van der Waals surface area (Å²) < 4.78 is 6.94. The van der Waals surface area contributed by atoms with Gasteiger partial charge >= 0.3 is 8.32 Å². The molecule has 0 amide bonds. The second kappa shape index (κ2) is 6.36. The minimum Gasteiger partial charge on any atom is -0.537 e. The maximum absolute atomic E-state index is 6.94. The topological polar surface area (TPSA) is 9.23 Å². The van der Waals surface area contributed by atoms with Crippen molar-refractivity contribution < 1.29 is 4.43 Å². The van der Waals surface area contributed by atoms with Crippen LogP contribution in [0.15, 0.2) is 72.5 Å². The lowest BCUT2D eigenvalue weighted by Gasteiger charge is -2.43. The van der Waals surface area contributed by atoms with Crippen molar-refractivity contribution in [2.75, 3.05) is 0 Å². The first-order chi connectivity index (χ1) is 11.0. The fourth-order valence-electron chi connectivity index (χ4n) is 3.58. The SMILES string of the molecule is CC(C)(C)[Si](OC1=CCCC1)(c1ccccc1)c1ccccc1. The van der Waals surface area contributed by atoms with Crippen molar-refractivity contribution in [1.29, 1.82) is 0 Å². The van der Waals surface area contributed by atoms with Gasteiger partial charge in [-0.25, -0.2) is 0 Å². The Balaban J connectivity index is 2.21. The monoisotopic (exact) mass is 322 g/mol. The minimum atomic E-state index is -2.38. The molecule has 0 saturated heterocycles. The van der Waals surface area contributed by atoms with Crippen LogP contribution in [0.2, 0.25) is 5.04 Å². The fraction of sp³-hybridized carbons (Fsp3) is 0.333. The Morgan fingerprint density at radius 1 is 0.826 bits per heavy atom. The second-order valence-corrected chi connectivity index (χ2v) is 11.5. The van der Waals surface area contributed by atoms with Gasteiger partial charge in [0.25, 0.3) is 0 Å². The van der Waals surface area contributed by atoms with Crippen LogP contribution in [0.3, 0.4) is 0 Å². The summed E-state index contributed by atoms with van der Waals surface area (Å²) in [5.74, 6) is 1.19. The molecule has 1 nitrogen and oxygen atoms in total. The molecule has 2 aromatic carbocycles. The standard InChI is InChI=1S/C21H26OSi/c1-21(2,3)23(19-14-6-4-7-15-19,20-16-8-5-9-17-20)22-18-12-10-11-13-18/h4-9,12,14-17H,10-11,13H2,1-3H3. The first-order valence-corrected chi connectivity index (χ1v) is 10.4. The molecule has 0 aromatic heterocycles. The van der Waals surface area contributed by atoms with Gasteiger partial charge in [-0.2, -0.15) is 0 Å². The molecule has 1 aliphatic carbocycles. The van der Waals surface area contributed by atoms with Crippen molar-refractivity contribution in [3.8, 4) is 0 Å². The smallest absolute Gasteiger partial charge is 0.319 e. The Kier molecular flexibility index (Phi) is 4.45. The summed E-state index contributed by atoms with van der Waals surface area (Å²) in [6.45, 7) is 6.98. The maximum atomic E-state index is 6.94. The highest BCUT2D eigenvalue weighted by Gasteiger charge is 2.52. The Labute approximate surface area is 141 Å². The summed E-state index contributed by atoms with van der Waals surface area (Å²) >= 11 is 0. The molecule has 3 rings (SSSR count). The lowest BCUT2D eigenvalue weighted by molar-refractivity contribution is 0.385. The van der Waals surface area contributed by atoms with Gasteiger partial charge < -0.3 is 4.43 Å². The van der Waals surface area contributed by atoms with Crippen LogP contribution in [0, 0.1) is 0 Å². The molecular formula is C21H26OSi. The van der Waals surface area contributed by atoms with Crippen LogP contribution in [0.25, 0.3) is 0 Å². The van der Waals surface area contributed by atoms with E-state index in [1.165, 1.54) is 22.6 Å². The van der Waals surface area contributed by atoms with Gasteiger partial charge in [0.1, 0.15) is 0 Å². The molecule has 0 spiro atoms. The van der Waals surface area contributed by atoms with E-state index in [2.05, 4.69) is 87.5 Å². The highest BCUT2D eigenvalue weighted by Crippen LogP contribution is 2.39. The molecule has 0 bridgehead atoms. The third kappa shape index (κ3) is 3.00. The van der Waals surface area contributed by atoms with E-state index in [9.17, 15) is 0 Å². The largest absolute Gasteiger partial charge is 0.537 e. The first-order valence-electron chi connectivity index (χ1n) is 8.53. The average Bonchev–Trinajstić information content (AvgIpc) is 3.06. The molecule has 2 aromatic rings. The molecule has 0 unspecified atom stereocenters. The van der Waals surface area contributed by atoms with Crippen LogP contribution < -0.4 is 10.4 Å². The molecule has 0 aliphatic heterocycles. The zero-order valence-electron chi connectivity index (χ0n) is 14.4. The van der Waals surface area contributed by atoms with Crippen LogP contribution in [0.5, 0.6) is 0 Å². The van der Waals surface area contributed by atoms with Crippen LogP contribution in [-0.2, 0) is 4.43 Å². The second-order valence-electron chi connectivity index (χ2n) is 7.33. The molecule has 0 fully saturated rings. The summed E-state index contributed by atoms with van der Waals surface area (Å²) in [4.78, 5) is 0. The molecule has 120 valence electrons. The van der Waals surface area contributed by atoms with Crippen LogP contribution >= 0.6 is 0 Å². The summed E-state index contributed by atoms with van der Waals surface area (Å²) in [5.41, 5.74) is 0. The van der Waals surface area contributed by atoms with Gasteiger partial charge in [0.05, 0.1) is 5.76 Å².